The van der Waals surface area contributed by atoms with Crippen molar-refractivity contribution in [1.82, 2.24) is 10.2 Å². The fourth-order valence-corrected chi connectivity index (χ4v) is 5.85. The highest BCUT2D eigenvalue weighted by Gasteiger charge is 2.39. The van der Waals surface area contributed by atoms with Crippen LogP contribution in [0.1, 0.15) is 36.0 Å². The van der Waals surface area contributed by atoms with Crippen molar-refractivity contribution in [3.05, 3.63) is 82.4 Å². The maximum Gasteiger partial charge on any atom is 0.270 e. The molecule has 6 rings (SSSR count). The van der Waals surface area contributed by atoms with Crippen LogP contribution >= 0.6 is 11.6 Å². The molecule has 3 saturated heterocycles. The zero-order valence-electron chi connectivity index (χ0n) is 24.5. The van der Waals surface area contributed by atoms with Gasteiger partial charge in [0.05, 0.1) is 19.2 Å². The Hall–Kier alpha value is -3.75. The summed E-state index contributed by atoms with van der Waals surface area (Å²) in [6.45, 7) is 4.51. The number of piperidine rings is 3. The molecule has 3 fully saturated rings. The van der Waals surface area contributed by atoms with Crippen LogP contribution < -0.4 is 24.3 Å². The van der Waals surface area contributed by atoms with Gasteiger partial charge in [-0.25, -0.2) is 0 Å². The first-order chi connectivity index (χ1) is 20.4. The highest BCUT2D eigenvalue weighted by Crippen LogP contribution is 2.40. The van der Waals surface area contributed by atoms with Gasteiger partial charge in [-0.1, -0.05) is 35.9 Å². The minimum Gasteiger partial charge on any atom is -0.497 e. The molecule has 0 unspecified atom stereocenters. The van der Waals surface area contributed by atoms with Crippen LogP contribution in [0.5, 0.6) is 23.0 Å². The van der Waals surface area contributed by atoms with E-state index in [1.165, 1.54) is 0 Å². The molecule has 0 aromatic heterocycles. The van der Waals surface area contributed by atoms with Crippen molar-refractivity contribution in [1.29, 1.82) is 0 Å². The summed E-state index contributed by atoms with van der Waals surface area (Å²) < 4.78 is 22.9. The quantitative estimate of drug-likeness (QED) is 0.279. The summed E-state index contributed by atoms with van der Waals surface area (Å²) in [4.78, 5) is 20.3. The first-order valence-corrected chi connectivity index (χ1v) is 14.6. The molecule has 0 aliphatic carbocycles. The van der Waals surface area contributed by atoms with E-state index in [0.29, 0.717) is 34.3 Å². The molecule has 222 valence electrons. The van der Waals surface area contributed by atoms with Crippen molar-refractivity contribution in [2.24, 2.45) is 10.4 Å². The van der Waals surface area contributed by atoms with E-state index in [0.717, 1.165) is 61.5 Å². The number of rotatable bonds is 12. The van der Waals surface area contributed by atoms with Crippen LogP contribution in [0.15, 0.2) is 65.7 Å². The van der Waals surface area contributed by atoms with Crippen LogP contribution in [0, 0.1) is 5.41 Å². The molecule has 3 aliphatic rings. The van der Waals surface area contributed by atoms with E-state index < -0.39 is 0 Å². The van der Waals surface area contributed by atoms with Gasteiger partial charge in [-0.3, -0.25) is 9.79 Å². The molecule has 0 spiro atoms. The molecule has 8 nitrogen and oxygen atoms in total. The molecule has 9 heteroatoms. The molecule has 0 saturated carbocycles. The Morgan fingerprint density at radius 3 is 1.95 bits per heavy atom. The van der Waals surface area contributed by atoms with Gasteiger partial charge in [0.2, 0.25) is 0 Å². The van der Waals surface area contributed by atoms with Crippen LogP contribution in [0.3, 0.4) is 0 Å². The number of carbonyl (C=O) groups excluding carboxylic acids is 1. The maximum absolute atomic E-state index is 13.4. The van der Waals surface area contributed by atoms with Gasteiger partial charge in [0.1, 0.15) is 30.4 Å². The van der Waals surface area contributed by atoms with Crippen molar-refractivity contribution in [3.63, 3.8) is 0 Å². The zero-order valence-corrected chi connectivity index (χ0v) is 25.2. The molecule has 3 heterocycles. The second-order valence-electron chi connectivity index (χ2n) is 10.9. The van der Waals surface area contributed by atoms with E-state index in [-0.39, 0.29) is 24.5 Å². The lowest BCUT2D eigenvalue weighted by atomic mass is 9.72. The molecule has 1 amide bonds. The fourth-order valence-electron chi connectivity index (χ4n) is 5.59. The Morgan fingerprint density at radius 2 is 1.43 bits per heavy atom. The lowest BCUT2D eigenvalue weighted by Crippen LogP contribution is -2.53. The van der Waals surface area contributed by atoms with Crippen molar-refractivity contribution in [3.8, 4) is 23.0 Å². The van der Waals surface area contributed by atoms with E-state index in [9.17, 15) is 4.79 Å². The van der Waals surface area contributed by atoms with Crippen molar-refractivity contribution in [2.45, 2.75) is 32.5 Å². The lowest BCUT2D eigenvalue weighted by molar-refractivity contribution is -0.115. The van der Waals surface area contributed by atoms with E-state index in [4.69, 9.17) is 30.5 Å². The van der Waals surface area contributed by atoms with Crippen LogP contribution in [0.25, 0.3) is 0 Å². The van der Waals surface area contributed by atoms with Crippen molar-refractivity contribution >= 4 is 23.2 Å². The van der Waals surface area contributed by atoms with E-state index in [1.807, 2.05) is 48.5 Å². The Bertz CT molecular complexity index is 1390. The van der Waals surface area contributed by atoms with Crippen LogP contribution in [0.2, 0.25) is 5.02 Å². The van der Waals surface area contributed by atoms with E-state index >= 15 is 0 Å². The summed E-state index contributed by atoms with van der Waals surface area (Å²) in [5.74, 6) is 2.13. The number of methoxy groups -OCH3 is 2. The minimum absolute atomic E-state index is 0.173. The average molecular weight is 592 g/mol. The Balaban J connectivity index is 1.36. The first kappa shape index (κ1) is 29.7. The smallest absolute Gasteiger partial charge is 0.270 e. The summed E-state index contributed by atoms with van der Waals surface area (Å²) in [5, 5.41) is 3.50. The van der Waals surface area contributed by atoms with Crippen molar-refractivity contribution < 1.29 is 23.7 Å². The largest absolute Gasteiger partial charge is 0.497 e. The third kappa shape index (κ3) is 6.99. The number of halogens is 1. The van der Waals surface area contributed by atoms with Gasteiger partial charge >= 0.3 is 0 Å². The molecule has 1 N–H and O–H groups in total. The predicted octanol–water partition coefficient (Wildman–Crippen LogP) is 5.54. The number of hydrogen-bond donors (Lipinski definition) is 1. The predicted molar refractivity (Wildman–Crippen MR) is 164 cm³/mol. The highest BCUT2D eigenvalue weighted by atomic mass is 35.5. The van der Waals surface area contributed by atoms with Gasteiger partial charge < -0.3 is 29.2 Å². The number of hydrogen-bond acceptors (Lipinski definition) is 7. The van der Waals surface area contributed by atoms with Crippen LogP contribution in [-0.2, 0) is 18.0 Å². The summed E-state index contributed by atoms with van der Waals surface area (Å²) in [6.07, 6.45) is 3.34. The molecular weight excluding hydrogens is 554 g/mol. The van der Waals surface area contributed by atoms with Crippen LogP contribution in [0.4, 0.5) is 0 Å². The molecule has 2 bridgehead atoms. The summed E-state index contributed by atoms with van der Waals surface area (Å²) in [5.41, 5.74) is 2.93. The van der Waals surface area contributed by atoms with Gasteiger partial charge in [-0.15, -0.1) is 0 Å². The van der Waals surface area contributed by atoms with Gasteiger partial charge in [-0.05, 0) is 91.8 Å². The molecule has 3 aromatic rings. The maximum atomic E-state index is 13.4. The monoisotopic (exact) mass is 591 g/mol. The minimum atomic E-state index is -0.219. The topological polar surface area (TPSA) is 81.6 Å². The number of nitrogens with one attached hydrogen (secondary N) is 1. The van der Waals surface area contributed by atoms with E-state index in [2.05, 4.69) is 15.2 Å². The third-order valence-electron chi connectivity index (χ3n) is 8.32. The number of benzene rings is 3. The number of carbonyl (C=O) groups is 1. The second-order valence-corrected chi connectivity index (χ2v) is 11.3. The molecule has 3 aromatic carbocycles. The number of amides is 1. The summed E-state index contributed by atoms with van der Waals surface area (Å²) in [6, 6.07) is 18.7. The number of aliphatic imine (C=N–C) groups is 1. The van der Waals surface area contributed by atoms with Gasteiger partial charge in [0.25, 0.3) is 5.91 Å². The van der Waals surface area contributed by atoms with Gasteiger partial charge in [-0.2, -0.15) is 0 Å². The third-order valence-corrected chi connectivity index (χ3v) is 8.60. The number of fused-ring (bicyclic) bond motifs is 3. The molecule has 42 heavy (non-hydrogen) atoms. The first-order valence-electron chi connectivity index (χ1n) is 14.2. The molecule has 0 atom stereocenters. The normalized spacial score (nSPS) is 19.7. The lowest BCUT2D eigenvalue weighted by Gasteiger charge is -2.48. The summed E-state index contributed by atoms with van der Waals surface area (Å²) in [7, 11) is 4.88. The number of ether oxygens (including phenoxy) is 4. The van der Waals surface area contributed by atoms with Crippen LogP contribution in [-0.4, -0.2) is 64.0 Å². The summed E-state index contributed by atoms with van der Waals surface area (Å²) >= 11 is 6.79. The van der Waals surface area contributed by atoms with Gasteiger partial charge in [0, 0.05) is 19.2 Å². The highest BCUT2D eigenvalue weighted by molar-refractivity contribution is 6.46. The van der Waals surface area contributed by atoms with Gasteiger partial charge in [0.15, 0.2) is 11.5 Å². The average Bonchev–Trinajstić information content (AvgIpc) is 3.04. The molecular formula is C33H38ClN3O5. The fraction of sp³-hybridized carbons (Fsp3) is 0.394. The molecule has 3 aliphatic heterocycles. The van der Waals surface area contributed by atoms with Crippen molar-refractivity contribution in [2.75, 3.05) is 47.4 Å². The zero-order chi connectivity index (χ0) is 29.5. The Morgan fingerprint density at radius 1 is 0.881 bits per heavy atom. The number of nitrogens with zero attached hydrogens (tertiary/aromatic N) is 2. The Labute approximate surface area is 252 Å². The second kappa shape index (κ2) is 13.5. The standard InChI is InChI=1S/C33H38ClN3O5/c1-35-30(32(38)36-22-33-12-15-37(16-13-33)17-14-33)25-18-28(34)31(42-21-24-6-10-27(40-3)11-7-24)29(19-25)41-20-23-4-8-26(39-2)9-5-23/h4-11,18-19H,12-17,20-22H2,1-3H3,(H,36,38). The van der Waals surface area contributed by atoms with E-state index in [1.54, 1.807) is 33.4 Å². The Kier molecular flexibility index (Phi) is 9.55. The SMILES string of the molecule is CN=C(C(=O)NCC12CCN(CC1)CC2)c1cc(Cl)c(OCc2ccc(OC)cc2)c(OCc2ccc(OC)cc2)c1. The molecule has 0 radical (unpaired) electrons.